The molecule has 0 aromatic heterocycles. The van der Waals surface area contributed by atoms with Crippen molar-refractivity contribution >= 4 is 0 Å². The van der Waals surface area contributed by atoms with Crippen molar-refractivity contribution in [2.24, 2.45) is 0 Å². The molecule has 0 radical (unpaired) electrons. The molecule has 0 atom stereocenters. The van der Waals surface area contributed by atoms with E-state index in [0.717, 1.165) is 18.9 Å². The van der Waals surface area contributed by atoms with Crippen molar-refractivity contribution in [2.45, 2.75) is 26.2 Å². The molecule has 1 aromatic rings. The summed E-state index contributed by atoms with van der Waals surface area (Å²) in [4.78, 5) is 0. The lowest BCUT2D eigenvalue weighted by atomic mass is 10.0. The van der Waals surface area contributed by atoms with Crippen LogP contribution in [-0.4, -0.2) is 7.11 Å². The molecule has 0 fully saturated rings. The number of halogens is 2. The second kappa shape index (κ2) is 3.95. The molecule has 0 unspecified atom stereocenters. The molecular weight excluding hydrogens is 186 g/mol. The molecule has 0 amide bonds. The van der Waals surface area contributed by atoms with Gasteiger partial charge in [0.15, 0.2) is 0 Å². The van der Waals surface area contributed by atoms with E-state index in [-0.39, 0.29) is 11.3 Å². The lowest BCUT2D eigenvalue weighted by molar-refractivity contribution is 0.0150. The molecule has 0 heterocycles. The Labute approximate surface area is 82.7 Å². The van der Waals surface area contributed by atoms with Crippen LogP contribution in [0.4, 0.5) is 8.78 Å². The lowest BCUT2D eigenvalue weighted by Gasteiger charge is -2.15. The van der Waals surface area contributed by atoms with Gasteiger partial charge in [0, 0.05) is 6.92 Å². The van der Waals surface area contributed by atoms with Crippen molar-refractivity contribution in [2.75, 3.05) is 7.11 Å². The van der Waals surface area contributed by atoms with E-state index in [4.69, 9.17) is 4.74 Å². The molecule has 0 bridgehead atoms. The molecule has 0 aliphatic rings. The summed E-state index contributed by atoms with van der Waals surface area (Å²) >= 11 is 0. The number of aryl methyl sites for hydroxylation is 1. The topological polar surface area (TPSA) is 9.23 Å². The Hall–Kier alpha value is -1.12. The Morgan fingerprint density at radius 2 is 2.00 bits per heavy atom. The zero-order valence-electron chi connectivity index (χ0n) is 8.60. The van der Waals surface area contributed by atoms with Crippen molar-refractivity contribution in [1.82, 2.24) is 0 Å². The number of ether oxygens (including phenoxy) is 1. The SMILES string of the molecule is CCc1ccc(OC)c(C(C)(F)F)c1. The molecule has 0 saturated heterocycles. The summed E-state index contributed by atoms with van der Waals surface area (Å²) in [7, 11) is 1.40. The van der Waals surface area contributed by atoms with E-state index in [9.17, 15) is 8.78 Å². The highest BCUT2D eigenvalue weighted by molar-refractivity contribution is 5.39. The van der Waals surface area contributed by atoms with Crippen LogP contribution in [0.5, 0.6) is 5.75 Å². The first-order chi connectivity index (χ1) is 6.49. The van der Waals surface area contributed by atoms with E-state index in [1.54, 1.807) is 12.1 Å². The first-order valence-electron chi connectivity index (χ1n) is 4.54. The zero-order valence-corrected chi connectivity index (χ0v) is 8.60. The van der Waals surface area contributed by atoms with Crippen LogP contribution in [0, 0.1) is 0 Å². The number of rotatable bonds is 3. The Kier molecular flexibility index (Phi) is 3.09. The summed E-state index contributed by atoms with van der Waals surface area (Å²) in [6, 6.07) is 4.89. The number of methoxy groups -OCH3 is 1. The minimum atomic E-state index is -2.85. The van der Waals surface area contributed by atoms with Crippen LogP contribution in [0.1, 0.15) is 25.0 Å². The largest absolute Gasteiger partial charge is 0.496 e. The van der Waals surface area contributed by atoms with Crippen LogP contribution in [0.25, 0.3) is 0 Å². The van der Waals surface area contributed by atoms with Gasteiger partial charge in [0.1, 0.15) is 5.75 Å². The van der Waals surface area contributed by atoms with Gasteiger partial charge in [-0.1, -0.05) is 13.0 Å². The molecule has 0 N–H and O–H groups in total. The van der Waals surface area contributed by atoms with E-state index in [1.165, 1.54) is 13.2 Å². The summed E-state index contributed by atoms with van der Waals surface area (Å²) < 4.78 is 31.2. The summed E-state index contributed by atoms with van der Waals surface area (Å²) in [6.45, 7) is 2.81. The van der Waals surface area contributed by atoms with Gasteiger partial charge < -0.3 is 4.74 Å². The highest BCUT2D eigenvalue weighted by atomic mass is 19.3. The monoisotopic (exact) mass is 200 g/mol. The molecule has 14 heavy (non-hydrogen) atoms. The van der Waals surface area contributed by atoms with Crippen molar-refractivity contribution in [3.8, 4) is 5.75 Å². The summed E-state index contributed by atoms with van der Waals surface area (Å²) in [5, 5.41) is 0. The van der Waals surface area contributed by atoms with E-state index in [1.807, 2.05) is 6.92 Å². The third-order valence-electron chi connectivity index (χ3n) is 2.15. The summed E-state index contributed by atoms with van der Waals surface area (Å²) in [6.07, 6.45) is 0.743. The Bertz CT molecular complexity index is 316. The summed E-state index contributed by atoms with van der Waals surface area (Å²) in [5.74, 6) is -2.61. The maximum atomic E-state index is 13.1. The standard InChI is InChI=1S/C11H14F2O/c1-4-8-5-6-10(14-3)9(7-8)11(2,12)13/h5-7H,4H2,1-3H3. The van der Waals surface area contributed by atoms with Gasteiger partial charge in [0.25, 0.3) is 5.92 Å². The highest BCUT2D eigenvalue weighted by Gasteiger charge is 2.28. The average Bonchev–Trinajstić information content (AvgIpc) is 2.15. The van der Waals surface area contributed by atoms with E-state index >= 15 is 0 Å². The Balaban J connectivity index is 3.22. The first kappa shape index (κ1) is 11.0. The molecule has 0 saturated carbocycles. The highest BCUT2D eigenvalue weighted by Crippen LogP contribution is 2.34. The molecule has 0 aliphatic heterocycles. The Morgan fingerprint density at radius 1 is 1.36 bits per heavy atom. The maximum absolute atomic E-state index is 13.1. The molecule has 1 rings (SSSR count). The molecular formula is C11H14F2O. The maximum Gasteiger partial charge on any atom is 0.274 e. The van der Waals surface area contributed by atoms with Gasteiger partial charge in [0.05, 0.1) is 12.7 Å². The minimum absolute atomic E-state index is 0.0423. The predicted molar refractivity (Wildman–Crippen MR) is 51.9 cm³/mol. The number of hydrogen-bond donors (Lipinski definition) is 0. The van der Waals surface area contributed by atoms with Gasteiger partial charge in [-0.25, -0.2) is 8.78 Å². The predicted octanol–water partition coefficient (Wildman–Crippen LogP) is 3.37. The molecule has 0 aliphatic carbocycles. The second-order valence-electron chi connectivity index (χ2n) is 3.28. The second-order valence-corrected chi connectivity index (χ2v) is 3.28. The fraction of sp³-hybridized carbons (Fsp3) is 0.455. The van der Waals surface area contributed by atoms with Gasteiger partial charge in [-0.3, -0.25) is 0 Å². The van der Waals surface area contributed by atoms with Gasteiger partial charge in [0.2, 0.25) is 0 Å². The first-order valence-corrected chi connectivity index (χ1v) is 4.54. The number of alkyl halides is 2. The lowest BCUT2D eigenvalue weighted by Crippen LogP contribution is -2.09. The van der Waals surface area contributed by atoms with Crippen LogP contribution in [0.2, 0.25) is 0 Å². The smallest absolute Gasteiger partial charge is 0.274 e. The molecule has 3 heteroatoms. The van der Waals surface area contributed by atoms with Crippen LogP contribution in [0.15, 0.2) is 18.2 Å². The van der Waals surface area contributed by atoms with E-state index < -0.39 is 5.92 Å². The van der Waals surface area contributed by atoms with Crippen molar-refractivity contribution < 1.29 is 13.5 Å². The number of benzene rings is 1. The van der Waals surface area contributed by atoms with Crippen LogP contribution >= 0.6 is 0 Å². The minimum Gasteiger partial charge on any atom is -0.496 e. The van der Waals surface area contributed by atoms with Gasteiger partial charge in [-0.2, -0.15) is 0 Å². The van der Waals surface area contributed by atoms with Crippen molar-refractivity contribution in [3.63, 3.8) is 0 Å². The molecule has 0 spiro atoms. The molecule has 1 aromatic carbocycles. The normalized spacial score (nSPS) is 11.5. The van der Waals surface area contributed by atoms with Gasteiger partial charge in [-0.15, -0.1) is 0 Å². The summed E-state index contributed by atoms with van der Waals surface area (Å²) in [5.41, 5.74) is 0.849. The molecule has 78 valence electrons. The van der Waals surface area contributed by atoms with Crippen LogP contribution < -0.4 is 4.74 Å². The zero-order chi connectivity index (χ0) is 10.8. The fourth-order valence-electron chi connectivity index (χ4n) is 1.32. The van der Waals surface area contributed by atoms with Gasteiger partial charge in [-0.05, 0) is 24.1 Å². The average molecular weight is 200 g/mol. The van der Waals surface area contributed by atoms with E-state index in [0.29, 0.717) is 0 Å². The van der Waals surface area contributed by atoms with Crippen LogP contribution in [-0.2, 0) is 12.3 Å². The fourth-order valence-corrected chi connectivity index (χ4v) is 1.32. The molecule has 1 nitrogen and oxygen atoms in total. The van der Waals surface area contributed by atoms with Crippen molar-refractivity contribution in [1.29, 1.82) is 0 Å². The van der Waals surface area contributed by atoms with Gasteiger partial charge >= 0.3 is 0 Å². The third kappa shape index (κ3) is 2.22. The van der Waals surface area contributed by atoms with Crippen LogP contribution in [0.3, 0.4) is 0 Å². The third-order valence-corrected chi connectivity index (χ3v) is 2.15. The van der Waals surface area contributed by atoms with Crippen molar-refractivity contribution in [3.05, 3.63) is 29.3 Å². The Morgan fingerprint density at radius 3 is 2.43 bits per heavy atom. The number of hydrogen-bond acceptors (Lipinski definition) is 1. The van der Waals surface area contributed by atoms with E-state index in [2.05, 4.69) is 0 Å². The quantitative estimate of drug-likeness (QED) is 0.726.